The molecular formula is C12H11N3O3S. The molecule has 0 aliphatic heterocycles. The standard InChI is InChI=1S/C12H11N3O3S/c1-7-5-14-10(19-7)6-15-11(16)8-2-3-13-9(4-8)12(17)18/h2-5H,6H2,1H3,(H,15,16)(H,17,18). The molecule has 19 heavy (non-hydrogen) atoms. The second-order valence-corrected chi connectivity index (χ2v) is 5.10. The van der Waals surface area contributed by atoms with Crippen molar-refractivity contribution in [2.24, 2.45) is 0 Å². The lowest BCUT2D eigenvalue weighted by atomic mass is 10.2. The van der Waals surface area contributed by atoms with Crippen LogP contribution in [0.3, 0.4) is 0 Å². The second-order valence-electron chi connectivity index (χ2n) is 3.78. The fourth-order valence-corrected chi connectivity index (χ4v) is 2.16. The van der Waals surface area contributed by atoms with Crippen molar-refractivity contribution in [3.63, 3.8) is 0 Å². The molecule has 2 heterocycles. The smallest absolute Gasteiger partial charge is 0.354 e. The number of thiazole rings is 1. The van der Waals surface area contributed by atoms with E-state index in [0.29, 0.717) is 6.54 Å². The minimum Gasteiger partial charge on any atom is -0.477 e. The highest BCUT2D eigenvalue weighted by Crippen LogP contribution is 2.11. The molecule has 0 aliphatic rings. The predicted octanol–water partition coefficient (Wildman–Crippen LogP) is 1.47. The van der Waals surface area contributed by atoms with Crippen LogP contribution in [0.2, 0.25) is 0 Å². The van der Waals surface area contributed by atoms with Gasteiger partial charge in [0.2, 0.25) is 0 Å². The number of carboxylic acid groups (broad SMARTS) is 1. The first-order valence-electron chi connectivity index (χ1n) is 5.45. The van der Waals surface area contributed by atoms with Crippen molar-refractivity contribution in [3.05, 3.63) is 45.7 Å². The lowest BCUT2D eigenvalue weighted by molar-refractivity contribution is 0.0690. The summed E-state index contributed by atoms with van der Waals surface area (Å²) in [6.07, 6.45) is 3.03. The Morgan fingerprint density at radius 3 is 2.84 bits per heavy atom. The lowest BCUT2D eigenvalue weighted by Crippen LogP contribution is -2.23. The first-order valence-corrected chi connectivity index (χ1v) is 6.27. The zero-order valence-electron chi connectivity index (χ0n) is 10.1. The van der Waals surface area contributed by atoms with E-state index in [9.17, 15) is 9.59 Å². The van der Waals surface area contributed by atoms with Gasteiger partial charge in [-0.25, -0.2) is 14.8 Å². The minimum atomic E-state index is -1.16. The van der Waals surface area contributed by atoms with Crippen molar-refractivity contribution in [3.8, 4) is 0 Å². The van der Waals surface area contributed by atoms with E-state index in [2.05, 4.69) is 15.3 Å². The Morgan fingerprint density at radius 2 is 2.21 bits per heavy atom. The van der Waals surface area contributed by atoms with Gasteiger partial charge in [-0.2, -0.15) is 0 Å². The molecule has 7 heteroatoms. The monoisotopic (exact) mass is 277 g/mol. The molecule has 2 aromatic rings. The maximum Gasteiger partial charge on any atom is 0.354 e. The molecule has 0 saturated carbocycles. The van der Waals surface area contributed by atoms with Crippen LogP contribution < -0.4 is 5.32 Å². The van der Waals surface area contributed by atoms with Crippen LogP contribution in [0.1, 0.15) is 30.7 Å². The van der Waals surface area contributed by atoms with Crippen molar-refractivity contribution >= 4 is 23.2 Å². The van der Waals surface area contributed by atoms with Crippen molar-refractivity contribution in [2.45, 2.75) is 13.5 Å². The van der Waals surface area contributed by atoms with Crippen molar-refractivity contribution in [2.75, 3.05) is 0 Å². The molecule has 0 unspecified atom stereocenters. The zero-order chi connectivity index (χ0) is 13.8. The molecule has 1 amide bonds. The molecule has 2 rings (SSSR count). The normalized spacial score (nSPS) is 10.2. The summed E-state index contributed by atoms with van der Waals surface area (Å²) in [5.74, 6) is -1.51. The van der Waals surface area contributed by atoms with Crippen LogP contribution in [0.4, 0.5) is 0 Å². The van der Waals surface area contributed by atoms with Crippen LogP contribution in [0.5, 0.6) is 0 Å². The maximum atomic E-state index is 11.8. The molecule has 0 aromatic carbocycles. The molecule has 2 aromatic heterocycles. The van der Waals surface area contributed by atoms with E-state index in [4.69, 9.17) is 5.11 Å². The number of aromatic carboxylic acids is 1. The minimum absolute atomic E-state index is 0.155. The SMILES string of the molecule is Cc1cnc(CNC(=O)c2ccnc(C(=O)O)c2)s1. The fourth-order valence-electron chi connectivity index (χ4n) is 1.43. The van der Waals surface area contributed by atoms with Crippen molar-refractivity contribution in [1.82, 2.24) is 15.3 Å². The summed E-state index contributed by atoms with van der Waals surface area (Å²) in [5, 5.41) is 12.3. The van der Waals surface area contributed by atoms with Gasteiger partial charge in [-0.15, -0.1) is 11.3 Å². The number of aromatic nitrogens is 2. The van der Waals surface area contributed by atoms with Gasteiger partial charge in [0.1, 0.15) is 10.7 Å². The van der Waals surface area contributed by atoms with Gasteiger partial charge in [-0.3, -0.25) is 4.79 Å². The van der Waals surface area contributed by atoms with Gasteiger partial charge in [0.05, 0.1) is 6.54 Å². The van der Waals surface area contributed by atoms with Crippen LogP contribution in [-0.4, -0.2) is 27.0 Å². The quantitative estimate of drug-likeness (QED) is 0.883. The first kappa shape index (κ1) is 13.2. The van der Waals surface area contributed by atoms with Crippen molar-refractivity contribution < 1.29 is 14.7 Å². The maximum absolute atomic E-state index is 11.8. The third-order valence-corrected chi connectivity index (χ3v) is 3.22. The Labute approximate surface area is 113 Å². The largest absolute Gasteiger partial charge is 0.477 e. The molecular weight excluding hydrogens is 266 g/mol. The lowest BCUT2D eigenvalue weighted by Gasteiger charge is -2.03. The molecule has 0 fully saturated rings. The highest BCUT2D eigenvalue weighted by Gasteiger charge is 2.10. The number of carbonyl (C=O) groups is 2. The van der Waals surface area contributed by atoms with Crippen molar-refractivity contribution in [1.29, 1.82) is 0 Å². The number of amides is 1. The number of carbonyl (C=O) groups excluding carboxylic acids is 1. The molecule has 2 N–H and O–H groups in total. The third kappa shape index (κ3) is 3.35. The van der Waals surface area contributed by atoms with Crippen LogP contribution in [0.15, 0.2) is 24.5 Å². The van der Waals surface area contributed by atoms with Crippen LogP contribution in [0.25, 0.3) is 0 Å². The summed E-state index contributed by atoms with van der Waals surface area (Å²) >= 11 is 1.50. The molecule has 0 aliphatic carbocycles. The Morgan fingerprint density at radius 1 is 1.42 bits per heavy atom. The molecule has 0 atom stereocenters. The Bertz CT molecular complexity index is 624. The highest BCUT2D eigenvalue weighted by molar-refractivity contribution is 7.11. The van der Waals surface area contributed by atoms with Gasteiger partial charge < -0.3 is 10.4 Å². The Hall–Kier alpha value is -2.28. The number of nitrogens with one attached hydrogen (secondary N) is 1. The van der Waals surface area contributed by atoms with Gasteiger partial charge in [-0.1, -0.05) is 0 Å². The van der Waals surface area contributed by atoms with E-state index < -0.39 is 5.97 Å². The summed E-state index contributed by atoms with van der Waals surface area (Å²) in [6.45, 7) is 2.26. The second kappa shape index (κ2) is 5.57. The molecule has 0 radical (unpaired) electrons. The molecule has 0 spiro atoms. The van der Waals surface area contributed by atoms with Gasteiger partial charge in [0.15, 0.2) is 0 Å². The zero-order valence-corrected chi connectivity index (χ0v) is 10.9. The van der Waals surface area contributed by atoms with Gasteiger partial charge >= 0.3 is 5.97 Å². The summed E-state index contributed by atoms with van der Waals surface area (Å²) < 4.78 is 0. The van der Waals surface area contributed by atoms with Crippen LogP contribution >= 0.6 is 11.3 Å². The van der Waals surface area contributed by atoms with Crippen LogP contribution in [0, 0.1) is 6.92 Å². The molecule has 6 nitrogen and oxygen atoms in total. The predicted molar refractivity (Wildman–Crippen MR) is 69.2 cm³/mol. The van der Waals surface area contributed by atoms with Crippen LogP contribution in [-0.2, 0) is 6.54 Å². The molecule has 98 valence electrons. The van der Waals surface area contributed by atoms with E-state index in [1.165, 1.54) is 29.7 Å². The Balaban J connectivity index is 2.03. The number of pyridine rings is 1. The van der Waals surface area contributed by atoms with Gasteiger partial charge in [0.25, 0.3) is 5.91 Å². The Kier molecular flexibility index (Phi) is 3.86. The molecule has 0 bridgehead atoms. The number of hydrogen-bond donors (Lipinski definition) is 2. The van der Waals surface area contributed by atoms with E-state index >= 15 is 0 Å². The van der Waals surface area contributed by atoms with E-state index in [1.807, 2.05) is 6.92 Å². The van der Waals surface area contributed by atoms with Gasteiger partial charge in [0, 0.05) is 22.8 Å². The number of aryl methyl sites for hydroxylation is 1. The van der Waals surface area contributed by atoms with E-state index in [1.54, 1.807) is 6.20 Å². The number of rotatable bonds is 4. The van der Waals surface area contributed by atoms with Gasteiger partial charge in [-0.05, 0) is 19.1 Å². The number of hydrogen-bond acceptors (Lipinski definition) is 5. The summed E-state index contributed by atoms with van der Waals surface area (Å²) in [5.41, 5.74) is 0.110. The summed E-state index contributed by atoms with van der Waals surface area (Å²) in [4.78, 5) is 31.4. The van der Waals surface area contributed by atoms with E-state index in [0.717, 1.165) is 9.88 Å². The highest BCUT2D eigenvalue weighted by atomic mass is 32.1. The third-order valence-electron chi connectivity index (χ3n) is 2.31. The fraction of sp³-hybridized carbons (Fsp3) is 0.167. The average molecular weight is 277 g/mol. The number of carboxylic acids is 1. The average Bonchev–Trinajstić information content (AvgIpc) is 2.82. The topological polar surface area (TPSA) is 92.2 Å². The van der Waals surface area contributed by atoms with E-state index in [-0.39, 0.29) is 17.2 Å². The summed E-state index contributed by atoms with van der Waals surface area (Å²) in [6, 6.07) is 2.71. The molecule has 0 saturated heterocycles. The summed E-state index contributed by atoms with van der Waals surface area (Å²) in [7, 11) is 0. The first-order chi connectivity index (χ1) is 9.06. The number of nitrogens with zero attached hydrogens (tertiary/aromatic N) is 2.